The van der Waals surface area contributed by atoms with E-state index >= 15 is 0 Å². The number of pyridine rings is 1. The van der Waals surface area contributed by atoms with Gasteiger partial charge in [-0.25, -0.2) is 0 Å². The molecule has 15 heavy (non-hydrogen) atoms. The average molecular weight is 196 g/mol. The van der Waals surface area contributed by atoms with Gasteiger partial charge in [0.15, 0.2) is 0 Å². The number of rotatable bonds is 3. The van der Waals surface area contributed by atoms with E-state index in [0.29, 0.717) is 5.82 Å². The lowest BCUT2D eigenvalue weighted by Gasteiger charge is -2.07. The third-order valence-corrected chi connectivity index (χ3v) is 1.82. The molecule has 0 spiro atoms. The van der Waals surface area contributed by atoms with E-state index in [1.165, 1.54) is 0 Å². The summed E-state index contributed by atoms with van der Waals surface area (Å²) in [5.74, 6) is 0.615. The SMILES string of the molecule is C(=N\[N-]c1ccccn1)/c1ccccc1. The molecule has 74 valence electrons. The molecular weight excluding hydrogens is 186 g/mol. The molecule has 2 aromatic rings. The molecule has 0 aliphatic rings. The fourth-order valence-corrected chi connectivity index (χ4v) is 1.11. The van der Waals surface area contributed by atoms with Crippen molar-refractivity contribution < 1.29 is 0 Å². The van der Waals surface area contributed by atoms with Crippen molar-refractivity contribution in [3.63, 3.8) is 0 Å². The van der Waals surface area contributed by atoms with Gasteiger partial charge < -0.3 is 10.4 Å². The summed E-state index contributed by atoms with van der Waals surface area (Å²) in [6, 6.07) is 15.4. The van der Waals surface area contributed by atoms with E-state index in [9.17, 15) is 0 Å². The average Bonchev–Trinajstić information content (AvgIpc) is 2.32. The molecule has 0 atom stereocenters. The Labute approximate surface area is 88.5 Å². The van der Waals surface area contributed by atoms with Gasteiger partial charge in [0.2, 0.25) is 0 Å². The second-order valence-corrected chi connectivity index (χ2v) is 2.94. The minimum absolute atomic E-state index is 0.615. The summed E-state index contributed by atoms with van der Waals surface area (Å²) in [5, 5.41) is 3.95. The zero-order valence-electron chi connectivity index (χ0n) is 8.12. The highest BCUT2D eigenvalue weighted by Crippen LogP contribution is 2.12. The highest BCUT2D eigenvalue weighted by atomic mass is 15.3. The van der Waals surface area contributed by atoms with E-state index in [-0.39, 0.29) is 0 Å². The first-order valence-electron chi connectivity index (χ1n) is 4.65. The molecule has 1 aromatic carbocycles. The van der Waals surface area contributed by atoms with Crippen LogP contribution in [-0.4, -0.2) is 11.2 Å². The minimum atomic E-state index is 0.615. The van der Waals surface area contributed by atoms with Gasteiger partial charge in [0.05, 0.1) is 0 Å². The minimum Gasteiger partial charge on any atom is -0.442 e. The largest absolute Gasteiger partial charge is 0.442 e. The van der Waals surface area contributed by atoms with Crippen molar-refractivity contribution >= 4 is 12.0 Å². The van der Waals surface area contributed by atoms with Gasteiger partial charge in [0.25, 0.3) is 0 Å². The van der Waals surface area contributed by atoms with Gasteiger partial charge in [-0.3, -0.25) is 5.10 Å². The molecule has 1 aromatic heterocycles. The summed E-state index contributed by atoms with van der Waals surface area (Å²) >= 11 is 0. The molecule has 0 bridgehead atoms. The predicted molar refractivity (Wildman–Crippen MR) is 61.3 cm³/mol. The second kappa shape index (κ2) is 4.91. The Kier molecular flexibility index (Phi) is 3.07. The summed E-state index contributed by atoms with van der Waals surface area (Å²) in [4.78, 5) is 4.03. The molecule has 3 heteroatoms. The first-order chi connectivity index (χ1) is 7.45. The fourth-order valence-electron chi connectivity index (χ4n) is 1.11. The molecule has 0 saturated carbocycles. The molecule has 0 aliphatic carbocycles. The predicted octanol–water partition coefficient (Wildman–Crippen LogP) is 3.12. The maximum absolute atomic E-state index is 4.03. The Morgan fingerprint density at radius 1 is 1.00 bits per heavy atom. The number of benzene rings is 1. The highest BCUT2D eigenvalue weighted by Gasteiger charge is 1.81. The number of hydrogen-bond acceptors (Lipinski definition) is 2. The maximum Gasteiger partial charge on any atom is 0.0332 e. The number of hydrogen-bond donors (Lipinski definition) is 0. The lowest BCUT2D eigenvalue weighted by Crippen LogP contribution is -1.78. The Hall–Kier alpha value is -2.16. The first-order valence-corrected chi connectivity index (χ1v) is 4.65. The van der Waals surface area contributed by atoms with Crippen molar-refractivity contribution in [3.05, 3.63) is 65.7 Å². The van der Waals surface area contributed by atoms with Crippen LogP contribution in [0.5, 0.6) is 0 Å². The topological polar surface area (TPSA) is 39.4 Å². The molecule has 0 radical (unpaired) electrons. The van der Waals surface area contributed by atoms with Crippen LogP contribution in [-0.2, 0) is 0 Å². The van der Waals surface area contributed by atoms with Crippen molar-refractivity contribution in [2.45, 2.75) is 0 Å². The quantitative estimate of drug-likeness (QED) is 0.549. The van der Waals surface area contributed by atoms with Crippen LogP contribution in [0.3, 0.4) is 0 Å². The van der Waals surface area contributed by atoms with Crippen LogP contribution < -0.4 is 0 Å². The van der Waals surface area contributed by atoms with Crippen LogP contribution >= 0.6 is 0 Å². The molecule has 0 unspecified atom stereocenters. The molecule has 0 N–H and O–H groups in total. The monoisotopic (exact) mass is 196 g/mol. The van der Waals surface area contributed by atoms with Gasteiger partial charge in [-0.1, -0.05) is 54.7 Å². The zero-order valence-corrected chi connectivity index (χ0v) is 8.12. The standard InChI is InChI=1S/C12H10N3/c1-2-6-11(7-3-1)10-14-15-12-8-4-5-9-13-12/h1-10H/q-1/b14-10+. The van der Waals surface area contributed by atoms with E-state index < -0.39 is 0 Å². The van der Waals surface area contributed by atoms with E-state index in [4.69, 9.17) is 0 Å². The molecule has 2 rings (SSSR count). The number of aromatic nitrogens is 1. The smallest absolute Gasteiger partial charge is 0.0332 e. The number of nitrogens with zero attached hydrogens (tertiary/aromatic N) is 3. The lowest BCUT2D eigenvalue weighted by atomic mass is 10.2. The van der Waals surface area contributed by atoms with Crippen molar-refractivity contribution in [1.82, 2.24) is 4.98 Å². The van der Waals surface area contributed by atoms with Gasteiger partial charge in [0.1, 0.15) is 0 Å². The molecule has 0 aliphatic heterocycles. The van der Waals surface area contributed by atoms with Crippen molar-refractivity contribution in [3.8, 4) is 0 Å². The Morgan fingerprint density at radius 2 is 1.80 bits per heavy atom. The Morgan fingerprint density at radius 3 is 2.53 bits per heavy atom. The lowest BCUT2D eigenvalue weighted by molar-refractivity contribution is 1.29. The summed E-state index contributed by atoms with van der Waals surface area (Å²) < 4.78 is 0. The summed E-state index contributed by atoms with van der Waals surface area (Å²) in [6.07, 6.45) is 3.39. The molecular formula is C12H10N3-. The summed E-state index contributed by atoms with van der Waals surface area (Å²) in [6.45, 7) is 0. The van der Waals surface area contributed by atoms with Crippen LogP contribution in [0.4, 0.5) is 5.82 Å². The van der Waals surface area contributed by atoms with Crippen LogP contribution in [0.25, 0.3) is 5.43 Å². The molecule has 3 nitrogen and oxygen atoms in total. The Bertz CT molecular complexity index is 423. The van der Waals surface area contributed by atoms with Crippen LogP contribution in [0.1, 0.15) is 5.56 Å². The van der Waals surface area contributed by atoms with Gasteiger partial charge in [-0.05, 0) is 11.4 Å². The summed E-state index contributed by atoms with van der Waals surface area (Å²) in [7, 11) is 0. The maximum atomic E-state index is 4.03. The van der Waals surface area contributed by atoms with Gasteiger partial charge in [-0.15, -0.1) is 0 Å². The van der Waals surface area contributed by atoms with Gasteiger partial charge in [0, 0.05) is 6.21 Å². The first kappa shape index (κ1) is 9.40. The molecule has 0 amide bonds. The highest BCUT2D eigenvalue weighted by molar-refractivity contribution is 5.80. The van der Waals surface area contributed by atoms with Crippen LogP contribution in [0.15, 0.2) is 59.8 Å². The third-order valence-electron chi connectivity index (χ3n) is 1.82. The van der Waals surface area contributed by atoms with Crippen molar-refractivity contribution in [2.75, 3.05) is 0 Å². The fraction of sp³-hybridized carbons (Fsp3) is 0. The van der Waals surface area contributed by atoms with Gasteiger partial charge in [-0.2, -0.15) is 0 Å². The molecule has 0 saturated heterocycles. The molecule has 1 heterocycles. The van der Waals surface area contributed by atoms with Gasteiger partial charge >= 0.3 is 0 Å². The molecule has 0 fully saturated rings. The van der Waals surface area contributed by atoms with E-state index in [1.54, 1.807) is 12.4 Å². The van der Waals surface area contributed by atoms with E-state index in [1.807, 2.05) is 48.5 Å². The normalized spacial score (nSPS) is 10.4. The zero-order chi connectivity index (χ0) is 10.3. The van der Waals surface area contributed by atoms with Crippen molar-refractivity contribution in [2.24, 2.45) is 5.10 Å². The van der Waals surface area contributed by atoms with E-state index in [2.05, 4.69) is 15.5 Å². The van der Waals surface area contributed by atoms with Crippen molar-refractivity contribution in [1.29, 1.82) is 0 Å². The third kappa shape index (κ3) is 2.91. The summed E-state index contributed by atoms with van der Waals surface area (Å²) in [5.41, 5.74) is 4.99. The second-order valence-electron chi connectivity index (χ2n) is 2.94. The van der Waals surface area contributed by atoms with Crippen LogP contribution in [0.2, 0.25) is 0 Å². The Balaban J connectivity index is 1.97. The van der Waals surface area contributed by atoms with E-state index in [0.717, 1.165) is 5.56 Å². The van der Waals surface area contributed by atoms with Crippen LogP contribution in [0, 0.1) is 0 Å².